The smallest absolute Gasteiger partial charge is 0.128 e. The SMILES string of the molecule is CN1C2Cc3ccccc3C1(Br)c1ccccc1C2. The molecule has 0 aliphatic carbocycles. The standard InChI is InChI=1S/C17H16BrN/c1-19-14-10-12-6-2-4-8-15(12)17(19,18)16-9-5-3-7-13(16)11-14/h2-9,14H,10-11H2,1H3. The van der Waals surface area contributed by atoms with Crippen molar-refractivity contribution < 1.29 is 0 Å². The number of alkyl halides is 1. The molecular formula is C17H16BrN. The summed E-state index contributed by atoms with van der Waals surface area (Å²) in [6.07, 6.45) is 2.29. The zero-order chi connectivity index (χ0) is 13.0. The van der Waals surface area contributed by atoms with E-state index in [-0.39, 0.29) is 4.45 Å². The summed E-state index contributed by atoms with van der Waals surface area (Å²) in [5.41, 5.74) is 5.77. The van der Waals surface area contributed by atoms with E-state index >= 15 is 0 Å². The van der Waals surface area contributed by atoms with Gasteiger partial charge in [-0.15, -0.1) is 0 Å². The Morgan fingerprint density at radius 2 is 1.42 bits per heavy atom. The molecule has 96 valence electrons. The number of fused-ring (bicyclic) bond motifs is 6. The third kappa shape index (κ3) is 1.44. The van der Waals surface area contributed by atoms with Gasteiger partial charge in [0.25, 0.3) is 0 Å². The summed E-state index contributed by atoms with van der Waals surface area (Å²) < 4.78 is -0.151. The molecular weight excluding hydrogens is 298 g/mol. The van der Waals surface area contributed by atoms with Crippen LogP contribution in [0, 0.1) is 0 Å². The molecule has 0 N–H and O–H groups in total. The summed E-state index contributed by atoms with van der Waals surface area (Å²) in [4.78, 5) is 2.50. The fourth-order valence-electron chi connectivity index (χ4n) is 3.67. The van der Waals surface area contributed by atoms with Crippen molar-refractivity contribution in [2.75, 3.05) is 7.05 Å². The van der Waals surface area contributed by atoms with Crippen molar-refractivity contribution in [2.24, 2.45) is 0 Å². The van der Waals surface area contributed by atoms with Gasteiger partial charge in [-0.05, 0) is 42.1 Å². The summed E-state index contributed by atoms with van der Waals surface area (Å²) in [5, 5.41) is 0. The molecule has 0 saturated heterocycles. The van der Waals surface area contributed by atoms with Crippen LogP contribution in [0.25, 0.3) is 0 Å². The first-order valence-electron chi connectivity index (χ1n) is 6.80. The van der Waals surface area contributed by atoms with Crippen molar-refractivity contribution in [3.8, 4) is 0 Å². The minimum Gasteiger partial charge on any atom is -0.280 e. The number of hydrogen-bond acceptors (Lipinski definition) is 1. The number of halogens is 1. The highest BCUT2D eigenvalue weighted by atomic mass is 79.9. The van der Waals surface area contributed by atoms with E-state index in [0.29, 0.717) is 6.04 Å². The number of hydrogen-bond donors (Lipinski definition) is 0. The van der Waals surface area contributed by atoms with Gasteiger partial charge in [-0.3, -0.25) is 4.90 Å². The highest BCUT2D eigenvalue weighted by Crippen LogP contribution is 2.51. The Morgan fingerprint density at radius 3 is 1.95 bits per heavy atom. The first-order valence-corrected chi connectivity index (χ1v) is 7.59. The van der Waals surface area contributed by atoms with E-state index in [2.05, 4.69) is 76.4 Å². The third-order valence-electron chi connectivity index (χ3n) is 4.69. The number of nitrogens with zero attached hydrogens (tertiary/aromatic N) is 1. The molecule has 2 aliphatic rings. The lowest BCUT2D eigenvalue weighted by atomic mass is 9.77. The minimum absolute atomic E-state index is 0.151. The number of rotatable bonds is 0. The van der Waals surface area contributed by atoms with Crippen LogP contribution in [0.2, 0.25) is 0 Å². The maximum absolute atomic E-state index is 4.08. The molecule has 0 radical (unpaired) electrons. The van der Waals surface area contributed by atoms with Gasteiger partial charge in [-0.1, -0.05) is 64.5 Å². The van der Waals surface area contributed by atoms with Gasteiger partial charge in [0.2, 0.25) is 0 Å². The second kappa shape index (κ2) is 3.94. The summed E-state index contributed by atoms with van der Waals surface area (Å²) in [6, 6.07) is 18.3. The molecule has 0 aromatic heterocycles. The van der Waals surface area contributed by atoms with E-state index < -0.39 is 0 Å². The van der Waals surface area contributed by atoms with Crippen molar-refractivity contribution in [1.82, 2.24) is 4.90 Å². The molecule has 2 heteroatoms. The van der Waals surface area contributed by atoms with E-state index in [9.17, 15) is 0 Å². The molecule has 2 bridgehead atoms. The maximum Gasteiger partial charge on any atom is 0.128 e. The van der Waals surface area contributed by atoms with Gasteiger partial charge in [0.1, 0.15) is 4.45 Å². The summed E-state index contributed by atoms with van der Waals surface area (Å²) in [5.74, 6) is 0. The molecule has 2 heterocycles. The quantitative estimate of drug-likeness (QED) is 0.529. The molecule has 1 nitrogen and oxygen atoms in total. The average Bonchev–Trinajstić information content (AvgIpc) is 2.43. The van der Waals surface area contributed by atoms with Gasteiger partial charge in [-0.25, -0.2) is 0 Å². The van der Waals surface area contributed by atoms with Gasteiger partial charge in [0.15, 0.2) is 0 Å². The lowest BCUT2D eigenvalue weighted by Crippen LogP contribution is -2.55. The van der Waals surface area contributed by atoms with Crippen LogP contribution >= 0.6 is 15.9 Å². The average molecular weight is 314 g/mol. The number of benzene rings is 2. The summed E-state index contributed by atoms with van der Waals surface area (Å²) in [7, 11) is 2.24. The highest BCUT2D eigenvalue weighted by molar-refractivity contribution is 9.09. The lowest BCUT2D eigenvalue weighted by Gasteiger charge is -2.51. The fraction of sp³-hybridized carbons (Fsp3) is 0.294. The molecule has 0 spiro atoms. The minimum atomic E-state index is -0.151. The number of likely N-dealkylation sites (N-methyl/N-ethyl adjacent to an activating group) is 1. The van der Waals surface area contributed by atoms with Gasteiger partial charge in [0, 0.05) is 6.04 Å². The highest BCUT2D eigenvalue weighted by Gasteiger charge is 2.48. The van der Waals surface area contributed by atoms with Gasteiger partial charge in [0.05, 0.1) is 0 Å². The fourth-order valence-corrected chi connectivity index (χ4v) is 4.74. The maximum atomic E-state index is 4.08. The first kappa shape index (κ1) is 11.7. The van der Waals surface area contributed by atoms with Crippen molar-refractivity contribution in [1.29, 1.82) is 0 Å². The van der Waals surface area contributed by atoms with E-state index in [0.717, 1.165) is 12.8 Å². The largest absolute Gasteiger partial charge is 0.280 e. The van der Waals surface area contributed by atoms with Crippen molar-refractivity contribution in [3.63, 3.8) is 0 Å². The zero-order valence-corrected chi connectivity index (χ0v) is 12.5. The summed E-state index contributed by atoms with van der Waals surface area (Å²) >= 11 is 4.08. The van der Waals surface area contributed by atoms with Crippen LogP contribution in [0.15, 0.2) is 48.5 Å². The Hall–Kier alpha value is -1.12. The first-order chi connectivity index (χ1) is 9.21. The van der Waals surface area contributed by atoms with Crippen LogP contribution in [0.3, 0.4) is 0 Å². The Labute approximate surface area is 122 Å². The van der Waals surface area contributed by atoms with Crippen LogP contribution in [0.1, 0.15) is 22.3 Å². The van der Waals surface area contributed by atoms with Crippen LogP contribution in [0.4, 0.5) is 0 Å². The van der Waals surface area contributed by atoms with E-state index in [1.807, 2.05) is 0 Å². The Balaban J connectivity index is 2.05. The van der Waals surface area contributed by atoms with Crippen molar-refractivity contribution >= 4 is 15.9 Å². The summed E-state index contributed by atoms with van der Waals surface area (Å²) in [6.45, 7) is 0. The Kier molecular flexibility index (Phi) is 2.42. The molecule has 2 aromatic rings. The predicted octanol–water partition coefficient (Wildman–Crippen LogP) is 3.70. The second-order valence-electron chi connectivity index (χ2n) is 5.61. The van der Waals surface area contributed by atoms with Crippen LogP contribution in [-0.4, -0.2) is 18.0 Å². The molecule has 2 aliphatic heterocycles. The van der Waals surface area contributed by atoms with Gasteiger partial charge >= 0.3 is 0 Å². The van der Waals surface area contributed by atoms with Gasteiger partial charge in [-0.2, -0.15) is 0 Å². The van der Waals surface area contributed by atoms with E-state index in [4.69, 9.17) is 0 Å². The van der Waals surface area contributed by atoms with Gasteiger partial charge < -0.3 is 0 Å². The lowest BCUT2D eigenvalue weighted by molar-refractivity contribution is 0.143. The van der Waals surface area contributed by atoms with Crippen molar-refractivity contribution in [3.05, 3.63) is 70.8 Å². The zero-order valence-electron chi connectivity index (χ0n) is 10.9. The molecule has 0 fully saturated rings. The molecule has 2 aromatic carbocycles. The third-order valence-corrected chi connectivity index (χ3v) is 6.11. The van der Waals surface area contributed by atoms with E-state index in [1.165, 1.54) is 22.3 Å². The van der Waals surface area contributed by atoms with Crippen molar-refractivity contribution in [2.45, 2.75) is 23.3 Å². The molecule has 0 amide bonds. The normalized spacial score (nSPS) is 28.6. The Bertz CT molecular complexity index is 600. The topological polar surface area (TPSA) is 3.24 Å². The molecule has 0 saturated carbocycles. The molecule has 0 unspecified atom stereocenters. The molecule has 0 atom stereocenters. The Morgan fingerprint density at radius 1 is 0.947 bits per heavy atom. The monoisotopic (exact) mass is 313 g/mol. The predicted molar refractivity (Wildman–Crippen MR) is 81.6 cm³/mol. The van der Waals surface area contributed by atoms with Crippen LogP contribution in [0.5, 0.6) is 0 Å². The van der Waals surface area contributed by atoms with Crippen LogP contribution < -0.4 is 0 Å². The molecule has 4 rings (SSSR count). The van der Waals surface area contributed by atoms with Crippen LogP contribution in [-0.2, 0) is 17.3 Å². The van der Waals surface area contributed by atoms with E-state index in [1.54, 1.807) is 0 Å². The second-order valence-corrected chi connectivity index (χ2v) is 6.76. The molecule has 19 heavy (non-hydrogen) atoms.